The molecule has 0 unspecified atom stereocenters. The van der Waals surface area contributed by atoms with Crippen LogP contribution in [0.2, 0.25) is 0 Å². The minimum atomic E-state index is 0.0848. The molecular formula is C20H18N2O2S. The quantitative estimate of drug-likeness (QED) is 0.645. The van der Waals surface area contributed by atoms with Gasteiger partial charge in [-0.15, -0.1) is 0 Å². The molecule has 4 rings (SSSR count). The first-order chi connectivity index (χ1) is 12.3. The fourth-order valence-electron chi connectivity index (χ4n) is 2.71. The zero-order valence-corrected chi connectivity index (χ0v) is 14.5. The lowest BCUT2D eigenvalue weighted by molar-refractivity contribution is 0.0730. The summed E-state index contributed by atoms with van der Waals surface area (Å²) in [5.74, 6) is 1.46. The van der Waals surface area contributed by atoms with Gasteiger partial charge in [0.15, 0.2) is 0 Å². The first-order valence-corrected chi connectivity index (χ1v) is 9.24. The van der Waals surface area contributed by atoms with Crippen LogP contribution < -0.4 is 4.74 Å². The van der Waals surface area contributed by atoms with E-state index >= 15 is 0 Å². The molecule has 1 amide bonds. The summed E-state index contributed by atoms with van der Waals surface area (Å²) >= 11 is 1.66. The summed E-state index contributed by atoms with van der Waals surface area (Å²) in [6, 6.07) is 13.4. The lowest BCUT2D eigenvalue weighted by Crippen LogP contribution is -2.32. The van der Waals surface area contributed by atoms with Gasteiger partial charge in [0.05, 0.1) is 6.20 Å². The van der Waals surface area contributed by atoms with E-state index in [-0.39, 0.29) is 5.91 Å². The van der Waals surface area contributed by atoms with Crippen LogP contribution in [-0.4, -0.2) is 21.8 Å². The normalized spacial score (nSPS) is 13.4. The largest absolute Gasteiger partial charge is 0.456 e. The van der Waals surface area contributed by atoms with Gasteiger partial charge < -0.3 is 9.64 Å². The van der Waals surface area contributed by atoms with Crippen LogP contribution in [0, 0.1) is 0 Å². The van der Waals surface area contributed by atoms with Gasteiger partial charge in [-0.05, 0) is 71.6 Å². The summed E-state index contributed by atoms with van der Waals surface area (Å²) in [5, 5.41) is 4.16. The molecule has 0 aliphatic heterocycles. The van der Waals surface area contributed by atoms with Gasteiger partial charge in [-0.25, -0.2) is 0 Å². The average molecular weight is 350 g/mol. The van der Waals surface area contributed by atoms with Crippen molar-refractivity contribution in [1.82, 2.24) is 9.88 Å². The van der Waals surface area contributed by atoms with Gasteiger partial charge in [0.25, 0.3) is 5.91 Å². The molecule has 126 valence electrons. The van der Waals surface area contributed by atoms with Crippen molar-refractivity contribution in [1.29, 1.82) is 0 Å². The van der Waals surface area contributed by atoms with Crippen LogP contribution in [0.1, 0.15) is 28.8 Å². The maximum absolute atomic E-state index is 12.9. The highest BCUT2D eigenvalue weighted by Gasteiger charge is 2.33. The predicted molar refractivity (Wildman–Crippen MR) is 98.0 cm³/mol. The third-order valence-corrected chi connectivity index (χ3v) is 4.88. The van der Waals surface area contributed by atoms with Crippen molar-refractivity contribution >= 4 is 17.2 Å². The number of amides is 1. The number of nitrogens with zero attached hydrogens (tertiary/aromatic N) is 2. The molecule has 4 nitrogen and oxygen atoms in total. The standard InChI is InChI=1S/C20H18N2O2S/c23-20(22(17-5-6-17)13-15-9-11-25-14-15)16-3-7-18(8-4-16)24-19-2-1-10-21-12-19/h1-4,7-12,14,17H,5-6,13H2. The number of thiophene rings is 1. The monoisotopic (exact) mass is 350 g/mol. The van der Waals surface area contributed by atoms with E-state index in [1.807, 2.05) is 41.3 Å². The Balaban J connectivity index is 1.47. The Kier molecular flexibility index (Phi) is 4.48. The molecule has 0 saturated heterocycles. The van der Waals surface area contributed by atoms with E-state index < -0.39 is 0 Å². The zero-order chi connectivity index (χ0) is 17.1. The van der Waals surface area contributed by atoms with Gasteiger partial charge in [-0.3, -0.25) is 9.78 Å². The molecule has 25 heavy (non-hydrogen) atoms. The van der Waals surface area contributed by atoms with Crippen LogP contribution in [-0.2, 0) is 6.54 Å². The van der Waals surface area contributed by atoms with E-state index in [0.29, 0.717) is 29.6 Å². The fraction of sp³-hybridized carbons (Fsp3) is 0.200. The number of aromatic nitrogens is 1. The van der Waals surface area contributed by atoms with Gasteiger partial charge in [0, 0.05) is 24.3 Å². The molecule has 2 aromatic heterocycles. The Hall–Kier alpha value is -2.66. The molecular weight excluding hydrogens is 332 g/mol. The molecule has 1 saturated carbocycles. The minimum Gasteiger partial charge on any atom is -0.456 e. The number of carbonyl (C=O) groups is 1. The van der Waals surface area contributed by atoms with Crippen molar-refractivity contribution in [2.45, 2.75) is 25.4 Å². The van der Waals surface area contributed by atoms with Crippen molar-refractivity contribution in [2.24, 2.45) is 0 Å². The maximum Gasteiger partial charge on any atom is 0.254 e. The predicted octanol–water partition coefficient (Wildman–Crippen LogP) is 4.74. The molecule has 5 heteroatoms. The van der Waals surface area contributed by atoms with Crippen LogP contribution in [0.4, 0.5) is 0 Å². The van der Waals surface area contributed by atoms with E-state index in [2.05, 4.69) is 21.8 Å². The molecule has 0 radical (unpaired) electrons. The number of hydrogen-bond acceptors (Lipinski definition) is 4. The highest BCUT2D eigenvalue weighted by molar-refractivity contribution is 7.07. The van der Waals surface area contributed by atoms with Crippen LogP contribution in [0.3, 0.4) is 0 Å². The van der Waals surface area contributed by atoms with Gasteiger partial charge in [0.2, 0.25) is 0 Å². The number of benzene rings is 1. The summed E-state index contributed by atoms with van der Waals surface area (Å²) < 4.78 is 5.73. The molecule has 0 bridgehead atoms. The molecule has 0 atom stereocenters. The smallest absolute Gasteiger partial charge is 0.254 e. The Bertz CT molecular complexity index is 828. The summed E-state index contributed by atoms with van der Waals surface area (Å²) in [7, 11) is 0. The molecule has 1 aliphatic carbocycles. The van der Waals surface area contributed by atoms with E-state index in [1.54, 1.807) is 23.7 Å². The van der Waals surface area contributed by atoms with E-state index in [4.69, 9.17) is 4.74 Å². The van der Waals surface area contributed by atoms with Crippen molar-refractivity contribution in [3.05, 3.63) is 76.7 Å². The maximum atomic E-state index is 12.9. The van der Waals surface area contributed by atoms with E-state index in [0.717, 1.165) is 12.8 Å². The summed E-state index contributed by atoms with van der Waals surface area (Å²) in [6.07, 6.45) is 5.56. The molecule has 1 aromatic carbocycles. The molecule has 1 fully saturated rings. The molecule has 1 aliphatic rings. The van der Waals surface area contributed by atoms with Crippen molar-refractivity contribution in [2.75, 3.05) is 0 Å². The van der Waals surface area contributed by atoms with Crippen molar-refractivity contribution in [3.63, 3.8) is 0 Å². The highest BCUT2D eigenvalue weighted by Crippen LogP contribution is 2.30. The third kappa shape index (κ3) is 3.88. The van der Waals surface area contributed by atoms with Gasteiger partial charge in [0.1, 0.15) is 11.5 Å². The fourth-order valence-corrected chi connectivity index (χ4v) is 3.37. The topological polar surface area (TPSA) is 42.4 Å². The highest BCUT2D eigenvalue weighted by atomic mass is 32.1. The molecule has 2 heterocycles. The minimum absolute atomic E-state index is 0.0848. The van der Waals surface area contributed by atoms with E-state index in [1.165, 1.54) is 5.56 Å². The molecule has 0 spiro atoms. The first-order valence-electron chi connectivity index (χ1n) is 8.29. The average Bonchev–Trinajstić information content (AvgIpc) is 3.36. The second-order valence-electron chi connectivity index (χ2n) is 6.11. The van der Waals surface area contributed by atoms with Crippen molar-refractivity contribution in [3.8, 4) is 11.5 Å². The van der Waals surface area contributed by atoms with Gasteiger partial charge >= 0.3 is 0 Å². The van der Waals surface area contributed by atoms with Crippen molar-refractivity contribution < 1.29 is 9.53 Å². The number of rotatable bonds is 6. The number of hydrogen-bond donors (Lipinski definition) is 0. The Morgan fingerprint density at radius 1 is 1.16 bits per heavy atom. The Morgan fingerprint density at radius 3 is 2.64 bits per heavy atom. The molecule has 3 aromatic rings. The number of carbonyl (C=O) groups excluding carboxylic acids is 1. The van der Waals surface area contributed by atoms with Crippen LogP contribution in [0.5, 0.6) is 11.5 Å². The molecule has 0 N–H and O–H groups in total. The first kappa shape index (κ1) is 15.8. The summed E-state index contributed by atoms with van der Waals surface area (Å²) in [4.78, 5) is 18.9. The Labute approximate surface area is 150 Å². The Morgan fingerprint density at radius 2 is 2.00 bits per heavy atom. The third-order valence-electron chi connectivity index (χ3n) is 4.15. The SMILES string of the molecule is O=C(c1ccc(Oc2cccnc2)cc1)N(Cc1ccsc1)C1CC1. The van der Waals surface area contributed by atoms with E-state index in [9.17, 15) is 4.79 Å². The lowest BCUT2D eigenvalue weighted by Gasteiger charge is -2.22. The lowest BCUT2D eigenvalue weighted by atomic mass is 10.1. The zero-order valence-electron chi connectivity index (χ0n) is 13.7. The number of pyridine rings is 1. The van der Waals surface area contributed by atoms with Crippen LogP contribution in [0.25, 0.3) is 0 Å². The van der Waals surface area contributed by atoms with Gasteiger partial charge in [-0.2, -0.15) is 11.3 Å². The summed E-state index contributed by atoms with van der Waals surface area (Å²) in [5.41, 5.74) is 1.89. The second kappa shape index (κ2) is 7.07. The van der Waals surface area contributed by atoms with Crippen LogP contribution >= 0.6 is 11.3 Å². The van der Waals surface area contributed by atoms with Crippen LogP contribution in [0.15, 0.2) is 65.6 Å². The van der Waals surface area contributed by atoms with Gasteiger partial charge in [-0.1, -0.05) is 0 Å². The second-order valence-corrected chi connectivity index (χ2v) is 6.89. The number of ether oxygens (including phenoxy) is 1. The summed E-state index contributed by atoms with van der Waals surface area (Å²) in [6.45, 7) is 0.681.